The van der Waals surface area contributed by atoms with Crippen molar-refractivity contribution in [1.82, 2.24) is 0 Å². The van der Waals surface area contributed by atoms with Crippen LogP contribution in [0.4, 0.5) is 13.2 Å². The first-order valence-corrected chi connectivity index (χ1v) is 8.35. The average molecular weight is 339 g/mol. The number of alkyl halides is 3. The van der Waals surface area contributed by atoms with Crippen LogP contribution in [0.15, 0.2) is 0 Å². The average Bonchev–Trinajstić information content (AvgIpc) is 2.47. The Morgan fingerprint density at radius 3 is 2.35 bits per heavy atom. The number of aliphatic hydroxyl groups is 1. The maximum atomic E-state index is 12.6. The quantitative estimate of drug-likeness (QED) is 0.698. The molecule has 1 aliphatic rings. The van der Waals surface area contributed by atoms with Gasteiger partial charge >= 0.3 is 12.1 Å². The SMILES string of the molecule is CCC[C@H](O)[C@](C)(OC(=O)C(F)(F)F)[C@@H](N)CC1CCCCC1. The first kappa shape index (κ1) is 20.2. The molecule has 0 unspecified atom stereocenters. The Morgan fingerprint density at radius 1 is 1.30 bits per heavy atom. The lowest BCUT2D eigenvalue weighted by Crippen LogP contribution is -2.58. The molecule has 1 aliphatic carbocycles. The summed E-state index contributed by atoms with van der Waals surface area (Å²) in [5.74, 6) is -1.99. The fourth-order valence-corrected chi connectivity index (χ4v) is 3.22. The van der Waals surface area contributed by atoms with E-state index in [-0.39, 0.29) is 6.42 Å². The number of esters is 1. The number of halogens is 3. The number of ether oxygens (including phenoxy) is 1. The monoisotopic (exact) mass is 339 g/mol. The number of carbonyl (C=O) groups is 1. The third-order valence-electron chi connectivity index (χ3n) is 4.82. The molecule has 0 aromatic carbocycles. The van der Waals surface area contributed by atoms with Crippen molar-refractivity contribution in [2.45, 2.75) is 89.1 Å². The van der Waals surface area contributed by atoms with Gasteiger partial charge in [0.15, 0.2) is 5.60 Å². The van der Waals surface area contributed by atoms with Crippen molar-refractivity contribution in [3.05, 3.63) is 0 Å². The van der Waals surface area contributed by atoms with Crippen molar-refractivity contribution < 1.29 is 27.8 Å². The van der Waals surface area contributed by atoms with E-state index in [1.54, 1.807) is 6.92 Å². The molecule has 1 rings (SSSR count). The molecule has 0 aromatic rings. The van der Waals surface area contributed by atoms with E-state index in [0.717, 1.165) is 32.1 Å². The zero-order chi connectivity index (χ0) is 17.7. The molecule has 23 heavy (non-hydrogen) atoms. The van der Waals surface area contributed by atoms with Crippen LogP contribution in [-0.2, 0) is 9.53 Å². The normalized spacial score (nSPS) is 22.2. The van der Waals surface area contributed by atoms with Gasteiger partial charge in [-0.25, -0.2) is 4.79 Å². The third-order valence-corrected chi connectivity index (χ3v) is 4.82. The van der Waals surface area contributed by atoms with Crippen molar-refractivity contribution in [3.63, 3.8) is 0 Å². The molecule has 3 atom stereocenters. The second-order valence-electron chi connectivity index (χ2n) is 6.72. The minimum Gasteiger partial charge on any atom is -0.448 e. The van der Waals surface area contributed by atoms with Gasteiger partial charge in [0.25, 0.3) is 0 Å². The van der Waals surface area contributed by atoms with Gasteiger partial charge in [0.1, 0.15) is 0 Å². The zero-order valence-electron chi connectivity index (χ0n) is 13.9. The Kier molecular flexibility index (Phi) is 7.32. The summed E-state index contributed by atoms with van der Waals surface area (Å²) >= 11 is 0. The van der Waals surface area contributed by atoms with E-state index in [4.69, 9.17) is 5.73 Å². The van der Waals surface area contributed by atoms with Crippen LogP contribution < -0.4 is 5.73 Å². The van der Waals surface area contributed by atoms with E-state index in [2.05, 4.69) is 4.74 Å². The van der Waals surface area contributed by atoms with Crippen LogP contribution in [-0.4, -0.2) is 35.0 Å². The topological polar surface area (TPSA) is 72.5 Å². The van der Waals surface area contributed by atoms with Crippen LogP contribution in [0.1, 0.15) is 65.2 Å². The van der Waals surface area contributed by atoms with E-state index < -0.39 is 29.9 Å². The van der Waals surface area contributed by atoms with Gasteiger partial charge in [-0.2, -0.15) is 13.2 Å². The Balaban J connectivity index is 2.86. The molecule has 1 saturated carbocycles. The fraction of sp³-hybridized carbons (Fsp3) is 0.938. The minimum absolute atomic E-state index is 0.222. The highest BCUT2D eigenvalue weighted by Crippen LogP contribution is 2.34. The third kappa shape index (κ3) is 5.64. The lowest BCUT2D eigenvalue weighted by atomic mass is 9.78. The second-order valence-corrected chi connectivity index (χ2v) is 6.72. The summed E-state index contributed by atoms with van der Waals surface area (Å²) in [7, 11) is 0. The van der Waals surface area contributed by atoms with Crippen LogP contribution in [0.3, 0.4) is 0 Å². The van der Waals surface area contributed by atoms with Crippen LogP contribution in [0.5, 0.6) is 0 Å². The molecule has 0 spiro atoms. The van der Waals surface area contributed by atoms with Crippen molar-refractivity contribution in [2.24, 2.45) is 11.7 Å². The van der Waals surface area contributed by atoms with Gasteiger partial charge in [0.2, 0.25) is 0 Å². The van der Waals surface area contributed by atoms with Crippen molar-refractivity contribution in [1.29, 1.82) is 0 Å². The molecule has 0 aromatic heterocycles. The molecule has 0 bridgehead atoms. The lowest BCUT2D eigenvalue weighted by molar-refractivity contribution is -0.224. The first-order chi connectivity index (χ1) is 10.6. The number of carbonyl (C=O) groups excluding carboxylic acids is 1. The molecule has 0 radical (unpaired) electrons. The van der Waals surface area contributed by atoms with E-state index in [0.29, 0.717) is 18.8 Å². The largest absolute Gasteiger partial charge is 0.490 e. The first-order valence-electron chi connectivity index (χ1n) is 8.35. The summed E-state index contributed by atoms with van der Waals surface area (Å²) in [6, 6.07) is -0.835. The predicted molar refractivity (Wildman–Crippen MR) is 80.6 cm³/mol. The van der Waals surface area contributed by atoms with E-state index in [1.165, 1.54) is 6.92 Å². The molecular formula is C16H28F3NO3. The minimum atomic E-state index is -5.10. The molecular weight excluding hydrogens is 311 g/mol. The Bertz CT molecular complexity index is 383. The maximum absolute atomic E-state index is 12.6. The van der Waals surface area contributed by atoms with E-state index in [1.807, 2.05) is 0 Å². The molecule has 3 N–H and O–H groups in total. The molecule has 0 saturated heterocycles. The number of hydrogen-bond acceptors (Lipinski definition) is 4. The molecule has 136 valence electrons. The summed E-state index contributed by atoms with van der Waals surface area (Å²) in [5, 5.41) is 10.3. The van der Waals surface area contributed by atoms with Gasteiger partial charge in [0.05, 0.1) is 6.10 Å². The molecule has 4 nitrogen and oxygen atoms in total. The summed E-state index contributed by atoms with van der Waals surface area (Å²) in [5.41, 5.74) is 4.37. The number of aliphatic hydroxyl groups excluding tert-OH is 1. The Labute approximate surface area is 135 Å². The number of nitrogens with two attached hydrogens (primary N) is 1. The highest BCUT2D eigenvalue weighted by Gasteiger charge is 2.50. The van der Waals surface area contributed by atoms with Gasteiger partial charge in [-0.15, -0.1) is 0 Å². The molecule has 0 amide bonds. The van der Waals surface area contributed by atoms with Crippen molar-refractivity contribution >= 4 is 5.97 Å². The maximum Gasteiger partial charge on any atom is 0.490 e. The van der Waals surface area contributed by atoms with Crippen molar-refractivity contribution in [3.8, 4) is 0 Å². The smallest absolute Gasteiger partial charge is 0.448 e. The van der Waals surface area contributed by atoms with Crippen LogP contribution in [0.2, 0.25) is 0 Å². The molecule has 0 heterocycles. The molecule has 0 aliphatic heterocycles. The highest BCUT2D eigenvalue weighted by atomic mass is 19.4. The van der Waals surface area contributed by atoms with Gasteiger partial charge in [-0.3, -0.25) is 0 Å². The molecule has 7 heteroatoms. The van der Waals surface area contributed by atoms with Gasteiger partial charge < -0.3 is 15.6 Å². The zero-order valence-corrected chi connectivity index (χ0v) is 13.9. The van der Waals surface area contributed by atoms with Gasteiger partial charge in [0, 0.05) is 6.04 Å². The van der Waals surface area contributed by atoms with Crippen molar-refractivity contribution in [2.75, 3.05) is 0 Å². The van der Waals surface area contributed by atoms with Crippen LogP contribution in [0, 0.1) is 5.92 Å². The standard InChI is InChI=1S/C16H28F3NO3/c1-3-7-13(21)15(2,23-14(22)16(17,18)19)12(20)10-11-8-5-4-6-9-11/h11-13,21H,3-10,20H2,1-2H3/t12-,13-,15+/m0/s1. The predicted octanol–water partition coefficient (Wildman–Crippen LogP) is 3.31. The number of hydrogen-bond donors (Lipinski definition) is 2. The van der Waals surface area contributed by atoms with Crippen LogP contribution in [0.25, 0.3) is 0 Å². The summed E-state index contributed by atoms with van der Waals surface area (Å²) < 4.78 is 42.3. The summed E-state index contributed by atoms with van der Waals surface area (Å²) in [6.45, 7) is 3.10. The fourth-order valence-electron chi connectivity index (χ4n) is 3.22. The Morgan fingerprint density at radius 2 is 1.87 bits per heavy atom. The molecule has 1 fully saturated rings. The van der Waals surface area contributed by atoms with Crippen LogP contribution >= 0.6 is 0 Å². The second kappa shape index (κ2) is 8.33. The van der Waals surface area contributed by atoms with E-state index >= 15 is 0 Å². The van der Waals surface area contributed by atoms with Gasteiger partial charge in [-0.05, 0) is 25.7 Å². The Hall–Kier alpha value is -0.820. The van der Waals surface area contributed by atoms with Gasteiger partial charge in [-0.1, -0.05) is 45.4 Å². The van der Waals surface area contributed by atoms with E-state index in [9.17, 15) is 23.1 Å². The number of rotatable bonds is 7. The highest BCUT2D eigenvalue weighted by molar-refractivity contribution is 5.76. The summed E-state index contributed by atoms with van der Waals surface area (Å²) in [6.07, 6.45) is 0.155. The summed E-state index contributed by atoms with van der Waals surface area (Å²) in [4.78, 5) is 11.3. The lowest BCUT2D eigenvalue weighted by Gasteiger charge is -2.40.